The van der Waals surface area contributed by atoms with Gasteiger partial charge in [-0.1, -0.05) is 6.92 Å². The van der Waals surface area contributed by atoms with Crippen molar-refractivity contribution in [1.29, 1.82) is 5.26 Å². The largest absolute Gasteiger partial charge is 0.354 e. The van der Waals surface area contributed by atoms with Crippen molar-refractivity contribution >= 4 is 16.0 Å². The minimum Gasteiger partial charge on any atom is -0.354 e. The Morgan fingerprint density at radius 2 is 2.26 bits per heavy atom. The smallest absolute Gasteiger partial charge is 0.223 e. The maximum atomic E-state index is 11.4. The Labute approximate surface area is 113 Å². The van der Waals surface area contributed by atoms with E-state index in [4.69, 9.17) is 5.26 Å². The van der Waals surface area contributed by atoms with E-state index in [1.807, 2.05) is 6.07 Å². The first-order valence-electron chi connectivity index (χ1n) is 5.89. The topological polar surface area (TPSA) is 99.0 Å². The Morgan fingerprint density at radius 1 is 1.53 bits per heavy atom. The zero-order valence-electron chi connectivity index (χ0n) is 11.0. The molecule has 0 spiro atoms. The van der Waals surface area contributed by atoms with Crippen LogP contribution in [0, 0.1) is 11.3 Å². The molecule has 1 aromatic heterocycles. The third-order valence-electron chi connectivity index (χ3n) is 2.46. The standard InChI is InChI=1S/C11H17N5O2S/c1-3-16(19(2,17)18)8-4-6-13-11-14-7-5-10(9-12)15-11/h5,7H,3-4,6,8H2,1-2H3,(H,13,14,15). The molecule has 0 aliphatic carbocycles. The number of anilines is 1. The number of hydrogen-bond donors (Lipinski definition) is 1. The predicted octanol–water partition coefficient (Wildman–Crippen LogP) is 0.432. The fourth-order valence-electron chi connectivity index (χ4n) is 1.52. The lowest BCUT2D eigenvalue weighted by Gasteiger charge is -2.17. The van der Waals surface area contributed by atoms with Gasteiger partial charge in [0.1, 0.15) is 11.8 Å². The Kier molecular flexibility index (Phi) is 5.66. The van der Waals surface area contributed by atoms with Crippen LogP contribution in [-0.4, -0.2) is 48.6 Å². The Hall–Kier alpha value is -1.72. The summed E-state index contributed by atoms with van der Waals surface area (Å²) in [6, 6.07) is 3.45. The van der Waals surface area contributed by atoms with Crippen LogP contribution in [0.3, 0.4) is 0 Å². The summed E-state index contributed by atoms with van der Waals surface area (Å²) in [5, 5.41) is 11.6. The van der Waals surface area contributed by atoms with Gasteiger partial charge in [-0.25, -0.2) is 22.7 Å². The van der Waals surface area contributed by atoms with E-state index >= 15 is 0 Å². The van der Waals surface area contributed by atoms with Crippen molar-refractivity contribution in [1.82, 2.24) is 14.3 Å². The number of sulfonamides is 1. The van der Waals surface area contributed by atoms with E-state index in [0.29, 0.717) is 37.7 Å². The highest BCUT2D eigenvalue weighted by Gasteiger charge is 2.13. The first-order valence-corrected chi connectivity index (χ1v) is 7.74. The van der Waals surface area contributed by atoms with Crippen molar-refractivity contribution in [2.45, 2.75) is 13.3 Å². The molecular formula is C11H17N5O2S. The van der Waals surface area contributed by atoms with Crippen LogP contribution < -0.4 is 5.32 Å². The van der Waals surface area contributed by atoms with E-state index in [9.17, 15) is 8.42 Å². The van der Waals surface area contributed by atoms with Gasteiger partial charge in [0, 0.05) is 25.8 Å². The van der Waals surface area contributed by atoms with Gasteiger partial charge in [0.05, 0.1) is 6.26 Å². The molecule has 0 amide bonds. The molecule has 0 aliphatic rings. The molecule has 8 heteroatoms. The molecule has 104 valence electrons. The minimum atomic E-state index is -3.14. The summed E-state index contributed by atoms with van der Waals surface area (Å²) < 4.78 is 24.1. The summed E-state index contributed by atoms with van der Waals surface area (Å²) in [7, 11) is -3.14. The predicted molar refractivity (Wildman–Crippen MR) is 71.9 cm³/mol. The second kappa shape index (κ2) is 7.01. The average Bonchev–Trinajstić information content (AvgIpc) is 2.37. The molecule has 19 heavy (non-hydrogen) atoms. The van der Waals surface area contributed by atoms with Gasteiger partial charge in [-0.15, -0.1) is 0 Å². The first-order chi connectivity index (χ1) is 8.97. The molecule has 0 radical (unpaired) electrons. The molecule has 0 aliphatic heterocycles. The molecule has 0 unspecified atom stereocenters. The summed E-state index contributed by atoms with van der Waals surface area (Å²) in [6.07, 6.45) is 3.34. The lowest BCUT2D eigenvalue weighted by molar-refractivity contribution is 0.428. The van der Waals surface area contributed by atoms with E-state index in [1.54, 1.807) is 6.92 Å². The SMILES string of the molecule is CCN(CCCNc1nccc(C#N)n1)S(C)(=O)=O. The third-order valence-corrected chi connectivity index (χ3v) is 3.84. The molecule has 1 rings (SSSR count). The second-order valence-electron chi connectivity index (χ2n) is 3.91. The van der Waals surface area contributed by atoms with Crippen LogP contribution >= 0.6 is 0 Å². The van der Waals surface area contributed by atoms with Gasteiger partial charge in [-0.3, -0.25) is 0 Å². The lowest BCUT2D eigenvalue weighted by atomic mass is 10.4. The van der Waals surface area contributed by atoms with Crippen LogP contribution in [0.25, 0.3) is 0 Å². The maximum absolute atomic E-state index is 11.4. The van der Waals surface area contributed by atoms with Crippen molar-refractivity contribution < 1.29 is 8.42 Å². The average molecular weight is 283 g/mol. The highest BCUT2D eigenvalue weighted by molar-refractivity contribution is 7.88. The number of nitriles is 1. The highest BCUT2D eigenvalue weighted by Crippen LogP contribution is 2.01. The number of hydrogen-bond acceptors (Lipinski definition) is 6. The summed E-state index contributed by atoms with van der Waals surface area (Å²) >= 11 is 0. The number of nitrogens with one attached hydrogen (secondary N) is 1. The van der Waals surface area contributed by atoms with Gasteiger partial charge in [0.2, 0.25) is 16.0 Å². The molecule has 1 aromatic rings. The fraction of sp³-hybridized carbons (Fsp3) is 0.545. The highest BCUT2D eigenvalue weighted by atomic mass is 32.2. The Bertz CT molecular complexity index is 552. The van der Waals surface area contributed by atoms with E-state index in [2.05, 4.69) is 15.3 Å². The van der Waals surface area contributed by atoms with E-state index in [0.717, 1.165) is 0 Å². The molecule has 0 fully saturated rings. The summed E-state index contributed by atoms with van der Waals surface area (Å²) in [5.41, 5.74) is 0.295. The van der Waals surface area contributed by atoms with Crippen molar-refractivity contribution in [3.8, 4) is 6.07 Å². The van der Waals surface area contributed by atoms with Gasteiger partial charge in [-0.2, -0.15) is 5.26 Å². The summed E-state index contributed by atoms with van der Waals surface area (Å²) in [6.45, 7) is 3.24. The normalized spacial score (nSPS) is 11.3. The molecular weight excluding hydrogens is 266 g/mol. The van der Waals surface area contributed by atoms with Gasteiger partial charge in [0.25, 0.3) is 0 Å². The Morgan fingerprint density at radius 3 is 2.84 bits per heavy atom. The zero-order valence-corrected chi connectivity index (χ0v) is 11.8. The first kappa shape index (κ1) is 15.3. The molecule has 0 saturated carbocycles. The van der Waals surface area contributed by atoms with E-state index in [-0.39, 0.29) is 0 Å². The summed E-state index contributed by atoms with van der Waals surface area (Å²) in [4.78, 5) is 7.93. The molecule has 0 aromatic carbocycles. The van der Waals surface area contributed by atoms with Gasteiger partial charge in [-0.05, 0) is 12.5 Å². The van der Waals surface area contributed by atoms with Crippen molar-refractivity contribution in [2.75, 3.05) is 31.2 Å². The zero-order chi connectivity index (χ0) is 14.3. The van der Waals surface area contributed by atoms with Crippen LogP contribution in [-0.2, 0) is 10.0 Å². The molecule has 7 nitrogen and oxygen atoms in total. The fourth-order valence-corrected chi connectivity index (χ4v) is 2.45. The third kappa shape index (κ3) is 5.19. The van der Waals surface area contributed by atoms with Crippen LogP contribution in [0.2, 0.25) is 0 Å². The Balaban J connectivity index is 2.40. The van der Waals surface area contributed by atoms with Gasteiger partial charge >= 0.3 is 0 Å². The molecule has 1 N–H and O–H groups in total. The van der Waals surface area contributed by atoms with Crippen LogP contribution in [0.4, 0.5) is 5.95 Å². The van der Waals surface area contributed by atoms with Crippen LogP contribution in [0.1, 0.15) is 19.0 Å². The number of rotatable bonds is 7. The second-order valence-corrected chi connectivity index (χ2v) is 5.89. The maximum Gasteiger partial charge on any atom is 0.223 e. The van der Waals surface area contributed by atoms with E-state index < -0.39 is 10.0 Å². The van der Waals surface area contributed by atoms with Crippen molar-refractivity contribution in [3.63, 3.8) is 0 Å². The number of aromatic nitrogens is 2. The van der Waals surface area contributed by atoms with Crippen molar-refractivity contribution in [2.24, 2.45) is 0 Å². The molecule has 0 bridgehead atoms. The van der Waals surface area contributed by atoms with Crippen LogP contribution in [0.5, 0.6) is 0 Å². The van der Waals surface area contributed by atoms with Crippen LogP contribution in [0.15, 0.2) is 12.3 Å². The van der Waals surface area contributed by atoms with E-state index in [1.165, 1.54) is 22.8 Å². The molecule has 1 heterocycles. The summed E-state index contributed by atoms with van der Waals surface area (Å²) in [5.74, 6) is 0.376. The molecule has 0 atom stereocenters. The molecule has 0 saturated heterocycles. The minimum absolute atomic E-state index is 0.295. The number of nitrogens with zero attached hydrogens (tertiary/aromatic N) is 4. The lowest BCUT2D eigenvalue weighted by Crippen LogP contribution is -2.31. The quantitative estimate of drug-likeness (QED) is 0.729. The monoisotopic (exact) mass is 283 g/mol. The van der Waals surface area contributed by atoms with Gasteiger partial charge < -0.3 is 5.32 Å². The van der Waals surface area contributed by atoms with Gasteiger partial charge in [0.15, 0.2) is 0 Å². The van der Waals surface area contributed by atoms with Crippen molar-refractivity contribution in [3.05, 3.63) is 18.0 Å².